The Balaban J connectivity index is 1.81. The zero-order valence-corrected chi connectivity index (χ0v) is 11.2. The third-order valence-corrected chi connectivity index (χ3v) is 3.37. The summed E-state index contributed by atoms with van der Waals surface area (Å²) in [5.41, 5.74) is 2.09. The number of aromatic nitrogens is 2. The summed E-state index contributed by atoms with van der Waals surface area (Å²) >= 11 is 0. The van der Waals surface area contributed by atoms with Crippen molar-refractivity contribution in [3.63, 3.8) is 0 Å². The smallest absolute Gasteiger partial charge is 0.257 e. The van der Waals surface area contributed by atoms with Crippen LogP contribution in [0, 0.1) is 0 Å². The fraction of sp³-hybridized carbons (Fsp3) is 0.429. The maximum absolute atomic E-state index is 5.34. The number of hydrogen-bond donors (Lipinski definition) is 0. The molecule has 0 spiro atoms. The molecule has 0 unspecified atom stereocenters. The van der Waals surface area contributed by atoms with Gasteiger partial charge in [-0.15, -0.1) is 0 Å². The van der Waals surface area contributed by atoms with Crippen LogP contribution in [0.1, 0.15) is 18.2 Å². The third kappa shape index (κ3) is 2.46. The molecule has 1 fully saturated rings. The van der Waals surface area contributed by atoms with Gasteiger partial charge < -0.3 is 14.2 Å². The third-order valence-electron chi connectivity index (χ3n) is 3.37. The van der Waals surface area contributed by atoms with Crippen molar-refractivity contribution in [3.05, 3.63) is 30.1 Å². The monoisotopic (exact) mass is 259 g/mol. The predicted molar refractivity (Wildman–Crippen MR) is 72.2 cm³/mol. The van der Waals surface area contributed by atoms with Crippen molar-refractivity contribution in [2.75, 3.05) is 32.2 Å². The van der Waals surface area contributed by atoms with Gasteiger partial charge in [-0.1, -0.05) is 5.16 Å². The fourth-order valence-corrected chi connectivity index (χ4v) is 2.16. The Morgan fingerprint density at radius 2 is 2.00 bits per heavy atom. The van der Waals surface area contributed by atoms with Gasteiger partial charge in [0.2, 0.25) is 0 Å². The highest BCUT2D eigenvalue weighted by atomic mass is 16.5. The number of anilines is 1. The lowest BCUT2D eigenvalue weighted by molar-refractivity contribution is 0.192. The Hall–Kier alpha value is -1.88. The van der Waals surface area contributed by atoms with Gasteiger partial charge >= 0.3 is 0 Å². The zero-order chi connectivity index (χ0) is 13.2. The lowest BCUT2D eigenvalue weighted by Gasteiger charge is -2.11. The molecule has 1 aliphatic heterocycles. The van der Waals surface area contributed by atoms with Gasteiger partial charge in [-0.25, -0.2) is 0 Å². The van der Waals surface area contributed by atoms with Crippen molar-refractivity contribution in [3.8, 4) is 11.5 Å². The maximum atomic E-state index is 5.34. The molecular formula is C14H17N3O2. The SMILES string of the molecule is CN(C)c1ccc(-c2nc([C@@H]3CCOC3)no2)cc1. The van der Waals surface area contributed by atoms with Crippen LogP contribution in [-0.4, -0.2) is 37.4 Å². The summed E-state index contributed by atoms with van der Waals surface area (Å²) in [7, 11) is 4.03. The topological polar surface area (TPSA) is 51.4 Å². The minimum Gasteiger partial charge on any atom is -0.381 e. The van der Waals surface area contributed by atoms with Crippen molar-refractivity contribution in [2.24, 2.45) is 0 Å². The molecule has 0 N–H and O–H groups in total. The lowest BCUT2D eigenvalue weighted by Crippen LogP contribution is -2.07. The standard InChI is InChI=1S/C14H17N3O2/c1-17(2)12-5-3-10(4-6-12)14-15-13(16-19-14)11-7-8-18-9-11/h3-6,11H,7-9H2,1-2H3/t11-/m1/s1. The van der Waals surface area contributed by atoms with Gasteiger partial charge in [0.15, 0.2) is 5.82 Å². The molecule has 0 saturated carbocycles. The Kier molecular flexibility index (Phi) is 3.21. The maximum Gasteiger partial charge on any atom is 0.257 e. The van der Waals surface area contributed by atoms with Gasteiger partial charge in [-0.2, -0.15) is 4.98 Å². The van der Waals surface area contributed by atoms with Crippen LogP contribution in [0.15, 0.2) is 28.8 Å². The molecule has 100 valence electrons. The van der Waals surface area contributed by atoms with Gasteiger partial charge in [-0.3, -0.25) is 0 Å². The molecule has 0 radical (unpaired) electrons. The van der Waals surface area contributed by atoms with Crippen molar-refractivity contribution in [1.82, 2.24) is 10.1 Å². The van der Waals surface area contributed by atoms with E-state index in [4.69, 9.17) is 9.26 Å². The Morgan fingerprint density at radius 1 is 1.21 bits per heavy atom. The second-order valence-electron chi connectivity index (χ2n) is 4.96. The first kappa shape index (κ1) is 12.2. The summed E-state index contributed by atoms with van der Waals surface area (Å²) in [5, 5.41) is 4.06. The first-order valence-electron chi connectivity index (χ1n) is 6.43. The Labute approximate surface area is 112 Å². The molecule has 1 saturated heterocycles. The highest BCUT2D eigenvalue weighted by molar-refractivity contribution is 5.58. The molecule has 0 bridgehead atoms. The number of ether oxygens (including phenoxy) is 1. The van der Waals surface area contributed by atoms with Crippen LogP contribution in [0.3, 0.4) is 0 Å². The van der Waals surface area contributed by atoms with Gasteiger partial charge in [0.25, 0.3) is 5.89 Å². The summed E-state index contributed by atoms with van der Waals surface area (Å²) in [4.78, 5) is 6.52. The first-order chi connectivity index (χ1) is 9.24. The van der Waals surface area contributed by atoms with E-state index in [1.807, 2.05) is 38.4 Å². The van der Waals surface area contributed by atoms with E-state index in [0.29, 0.717) is 12.5 Å². The average molecular weight is 259 g/mol. The van der Waals surface area contributed by atoms with Crippen LogP contribution >= 0.6 is 0 Å². The van der Waals surface area contributed by atoms with Gasteiger partial charge in [0.05, 0.1) is 6.61 Å². The van der Waals surface area contributed by atoms with Gasteiger partial charge in [0.1, 0.15) is 0 Å². The van der Waals surface area contributed by atoms with E-state index >= 15 is 0 Å². The molecule has 3 rings (SSSR count). The molecule has 0 amide bonds. The minimum atomic E-state index is 0.276. The molecule has 19 heavy (non-hydrogen) atoms. The highest BCUT2D eigenvalue weighted by Crippen LogP contribution is 2.26. The molecular weight excluding hydrogens is 242 g/mol. The van der Waals surface area contributed by atoms with Gasteiger partial charge in [-0.05, 0) is 30.7 Å². The van der Waals surface area contributed by atoms with E-state index in [-0.39, 0.29) is 5.92 Å². The molecule has 5 heteroatoms. The van der Waals surface area contributed by atoms with Crippen LogP contribution in [0.5, 0.6) is 0 Å². The molecule has 1 aliphatic rings. The number of nitrogens with zero attached hydrogens (tertiary/aromatic N) is 3. The summed E-state index contributed by atoms with van der Waals surface area (Å²) in [6.07, 6.45) is 0.971. The molecule has 1 aromatic carbocycles. The van der Waals surface area contributed by atoms with Crippen molar-refractivity contribution in [2.45, 2.75) is 12.3 Å². The summed E-state index contributed by atoms with van der Waals surface area (Å²) in [5.74, 6) is 1.61. The van der Waals surface area contributed by atoms with Crippen LogP contribution in [0.4, 0.5) is 5.69 Å². The summed E-state index contributed by atoms with van der Waals surface area (Å²) < 4.78 is 10.7. The second kappa shape index (κ2) is 5.01. The lowest BCUT2D eigenvalue weighted by atomic mass is 10.1. The van der Waals surface area contributed by atoms with Crippen LogP contribution in [-0.2, 0) is 4.74 Å². The zero-order valence-electron chi connectivity index (χ0n) is 11.2. The highest BCUT2D eigenvalue weighted by Gasteiger charge is 2.23. The molecule has 0 aliphatic carbocycles. The van der Waals surface area contributed by atoms with E-state index in [2.05, 4.69) is 15.0 Å². The van der Waals surface area contributed by atoms with Crippen LogP contribution in [0.2, 0.25) is 0 Å². The minimum absolute atomic E-state index is 0.276. The normalized spacial score (nSPS) is 18.7. The van der Waals surface area contributed by atoms with Gasteiger partial charge in [0, 0.05) is 37.9 Å². The van der Waals surface area contributed by atoms with E-state index < -0.39 is 0 Å². The molecule has 2 aromatic rings. The van der Waals surface area contributed by atoms with Crippen LogP contribution < -0.4 is 4.90 Å². The first-order valence-corrected chi connectivity index (χ1v) is 6.43. The van der Waals surface area contributed by atoms with E-state index in [1.54, 1.807) is 0 Å². The van der Waals surface area contributed by atoms with Crippen molar-refractivity contribution in [1.29, 1.82) is 0 Å². The van der Waals surface area contributed by atoms with Crippen molar-refractivity contribution < 1.29 is 9.26 Å². The number of hydrogen-bond acceptors (Lipinski definition) is 5. The largest absolute Gasteiger partial charge is 0.381 e. The summed E-state index contributed by atoms with van der Waals surface area (Å²) in [6.45, 7) is 1.48. The Bertz CT molecular complexity index is 542. The van der Waals surface area contributed by atoms with Crippen LogP contribution in [0.25, 0.3) is 11.5 Å². The fourth-order valence-electron chi connectivity index (χ4n) is 2.16. The average Bonchev–Trinajstić information content (AvgIpc) is 3.10. The quantitative estimate of drug-likeness (QED) is 0.846. The van der Waals surface area contributed by atoms with E-state index in [0.717, 1.165) is 30.1 Å². The van der Waals surface area contributed by atoms with Crippen molar-refractivity contribution >= 4 is 5.69 Å². The molecule has 2 heterocycles. The number of rotatable bonds is 3. The Morgan fingerprint density at radius 3 is 2.63 bits per heavy atom. The molecule has 1 aromatic heterocycles. The summed E-state index contributed by atoms with van der Waals surface area (Å²) in [6, 6.07) is 8.07. The predicted octanol–water partition coefficient (Wildman–Crippen LogP) is 2.31. The molecule has 5 nitrogen and oxygen atoms in total. The molecule has 1 atom stereocenters. The second-order valence-corrected chi connectivity index (χ2v) is 4.96. The number of benzene rings is 1. The van der Waals surface area contributed by atoms with E-state index in [1.165, 1.54) is 0 Å². The van der Waals surface area contributed by atoms with E-state index in [9.17, 15) is 0 Å².